The van der Waals surface area contributed by atoms with Crippen molar-refractivity contribution in [3.05, 3.63) is 82.7 Å². The number of aryl methyl sites for hydroxylation is 2. The number of anilines is 1. The van der Waals surface area contributed by atoms with Crippen molar-refractivity contribution < 1.29 is 33.4 Å². The summed E-state index contributed by atoms with van der Waals surface area (Å²) in [6.45, 7) is 5.21. The number of carbonyl (C=O) groups is 3. The molecule has 7 nitrogen and oxygen atoms in total. The molecule has 1 amide bonds. The minimum Gasteiger partial charge on any atom is -0.507 e. The molecule has 0 aliphatic carbocycles. The fourth-order valence-corrected chi connectivity index (χ4v) is 3.20. The quantitative estimate of drug-likeness (QED) is 0.321. The molecule has 0 saturated heterocycles. The maximum absolute atomic E-state index is 13.2. The number of aromatic hydroxyl groups is 1. The summed E-state index contributed by atoms with van der Waals surface area (Å²) in [4.78, 5) is 36.2. The van der Waals surface area contributed by atoms with Crippen molar-refractivity contribution in [1.82, 2.24) is 0 Å². The molecule has 2 N–H and O–H groups in total. The Kier molecular flexibility index (Phi) is 7.07. The smallest absolute Gasteiger partial charge is 0.397 e. The highest BCUT2D eigenvalue weighted by atomic mass is 19.1. The van der Waals surface area contributed by atoms with E-state index < -0.39 is 23.5 Å². The first-order valence-corrected chi connectivity index (χ1v) is 10.1. The van der Waals surface area contributed by atoms with E-state index in [-0.39, 0.29) is 23.5 Å². The summed E-state index contributed by atoms with van der Waals surface area (Å²) in [7, 11) is 0. The van der Waals surface area contributed by atoms with Crippen LogP contribution in [0.15, 0.2) is 54.6 Å². The van der Waals surface area contributed by atoms with Crippen molar-refractivity contribution in [3.63, 3.8) is 0 Å². The van der Waals surface area contributed by atoms with Crippen LogP contribution in [0.5, 0.6) is 17.2 Å². The van der Waals surface area contributed by atoms with E-state index in [9.17, 15) is 23.9 Å². The minimum atomic E-state index is -0.976. The Labute approximate surface area is 189 Å². The van der Waals surface area contributed by atoms with E-state index in [1.807, 2.05) is 0 Å². The van der Waals surface area contributed by atoms with Gasteiger partial charge in [-0.15, -0.1) is 0 Å². The zero-order valence-corrected chi connectivity index (χ0v) is 18.3. The van der Waals surface area contributed by atoms with Crippen molar-refractivity contribution in [1.29, 1.82) is 0 Å². The average Bonchev–Trinajstić information content (AvgIpc) is 2.77. The molecule has 0 heterocycles. The highest BCUT2D eigenvalue weighted by Crippen LogP contribution is 2.34. The molecular weight excluding hydrogens is 429 g/mol. The van der Waals surface area contributed by atoms with Crippen LogP contribution < -0.4 is 10.1 Å². The predicted octanol–water partition coefficient (Wildman–Crippen LogP) is 4.67. The normalized spacial score (nSPS) is 10.4. The van der Waals surface area contributed by atoms with Gasteiger partial charge < -0.3 is 19.9 Å². The molecule has 0 unspecified atom stereocenters. The molecule has 0 aliphatic rings. The summed E-state index contributed by atoms with van der Waals surface area (Å²) in [5.41, 5.74) is 1.95. The Morgan fingerprint density at radius 3 is 2.21 bits per heavy atom. The highest BCUT2D eigenvalue weighted by molar-refractivity contribution is 6.37. The van der Waals surface area contributed by atoms with Crippen LogP contribution in [0.3, 0.4) is 0 Å². The lowest BCUT2D eigenvalue weighted by Gasteiger charge is -2.15. The molecule has 170 valence electrons. The number of hydrogen-bond donors (Lipinski definition) is 2. The van der Waals surface area contributed by atoms with E-state index in [2.05, 4.69) is 10.1 Å². The lowest BCUT2D eigenvalue weighted by molar-refractivity contribution is -0.152. The molecule has 3 aromatic rings. The molecule has 0 bridgehead atoms. The lowest BCUT2D eigenvalue weighted by Crippen LogP contribution is -2.25. The fourth-order valence-electron chi connectivity index (χ4n) is 3.20. The zero-order valence-electron chi connectivity index (χ0n) is 18.3. The predicted molar refractivity (Wildman–Crippen MR) is 119 cm³/mol. The molecule has 3 aromatic carbocycles. The Bertz CT molecular complexity index is 1200. The third kappa shape index (κ3) is 5.54. The van der Waals surface area contributed by atoms with E-state index in [4.69, 9.17) is 4.74 Å². The van der Waals surface area contributed by atoms with Crippen LogP contribution in [-0.2, 0) is 14.3 Å². The van der Waals surface area contributed by atoms with Gasteiger partial charge in [0.25, 0.3) is 0 Å². The van der Waals surface area contributed by atoms with Gasteiger partial charge in [-0.3, -0.25) is 9.59 Å². The molecule has 8 heteroatoms. The van der Waals surface area contributed by atoms with Gasteiger partial charge in [0, 0.05) is 11.3 Å². The Hall–Kier alpha value is -4.20. The topological polar surface area (TPSA) is 102 Å². The number of amides is 1. The Morgan fingerprint density at radius 2 is 1.61 bits per heavy atom. The second-order valence-electron chi connectivity index (χ2n) is 7.23. The van der Waals surface area contributed by atoms with E-state index in [1.54, 1.807) is 32.9 Å². The molecule has 0 spiro atoms. The molecule has 3 rings (SSSR count). The van der Waals surface area contributed by atoms with E-state index in [0.717, 1.165) is 0 Å². The SMILES string of the molecule is CCOC(=O)C(=O)Nc1cc(C)c(Oc2ccc(O)c(C(=O)c3ccc(F)cc3)c2)c(C)c1. The Morgan fingerprint density at radius 1 is 0.970 bits per heavy atom. The van der Waals surface area contributed by atoms with Gasteiger partial charge in [0.15, 0.2) is 5.78 Å². The average molecular weight is 451 g/mol. The van der Waals surface area contributed by atoms with Gasteiger partial charge in [0.2, 0.25) is 0 Å². The molecule has 0 fully saturated rings. The van der Waals surface area contributed by atoms with Crippen molar-refractivity contribution in [2.24, 2.45) is 0 Å². The van der Waals surface area contributed by atoms with Crippen LogP contribution in [0.2, 0.25) is 0 Å². The molecule has 0 aliphatic heterocycles. The summed E-state index contributed by atoms with van der Waals surface area (Å²) in [6.07, 6.45) is 0. The number of ketones is 1. The number of halogens is 1. The van der Waals surface area contributed by atoms with Gasteiger partial charge in [-0.2, -0.15) is 0 Å². The molecule has 0 saturated carbocycles. The first-order valence-electron chi connectivity index (χ1n) is 10.1. The molecule has 0 aromatic heterocycles. The van der Waals surface area contributed by atoms with E-state index in [0.29, 0.717) is 28.3 Å². The second kappa shape index (κ2) is 9.95. The first-order chi connectivity index (χ1) is 15.7. The van der Waals surface area contributed by atoms with Gasteiger partial charge >= 0.3 is 11.9 Å². The second-order valence-corrected chi connectivity index (χ2v) is 7.23. The number of phenolic OH excluding ortho intramolecular Hbond substituents is 1. The van der Waals surface area contributed by atoms with Gasteiger partial charge in [0.05, 0.1) is 12.2 Å². The standard InChI is InChI=1S/C25H22FNO6/c1-4-32-25(31)24(30)27-18-11-14(2)23(15(3)12-18)33-19-9-10-21(28)20(13-19)22(29)16-5-7-17(26)8-6-16/h5-13,28H,4H2,1-3H3,(H,27,30). The number of ether oxygens (including phenoxy) is 2. The van der Waals surface area contributed by atoms with Gasteiger partial charge in [-0.25, -0.2) is 9.18 Å². The molecule has 0 atom stereocenters. The van der Waals surface area contributed by atoms with Crippen molar-refractivity contribution in [2.75, 3.05) is 11.9 Å². The van der Waals surface area contributed by atoms with Crippen LogP contribution in [0, 0.1) is 19.7 Å². The lowest BCUT2D eigenvalue weighted by atomic mass is 10.0. The Balaban J connectivity index is 1.84. The molecule has 33 heavy (non-hydrogen) atoms. The van der Waals surface area contributed by atoms with Crippen molar-refractivity contribution in [2.45, 2.75) is 20.8 Å². The third-order valence-electron chi connectivity index (χ3n) is 4.72. The highest BCUT2D eigenvalue weighted by Gasteiger charge is 2.18. The van der Waals surface area contributed by atoms with Gasteiger partial charge in [0.1, 0.15) is 23.1 Å². The van der Waals surface area contributed by atoms with Crippen LogP contribution >= 0.6 is 0 Å². The van der Waals surface area contributed by atoms with Crippen molar-refractivity contribution in [3.8, 4) is 17.2 Å². The van der Waals surface area contributed by atoms with E-state index >= 15 is 0 Å². The van der Waals surface area contributed by atoms with Crippen LogP contribution in [0.25, 0.3) is 0 Å². The van der Waals surface area contributed by atoms with Crippen LogP contribution in [0.1, 0.15) is 34.0 Å². The third-order valence-corrected chi connectivity index (χ3v) is 4.72. The molecule has 0 radical (unpaired) electrons. The number of rotatable bonds is 6. The van der Waals surface area contributed by atoms with Crippen LogP contribution in [0.4, 0.5) is 10.1 Å². The number of nitrogens with one attached hydrogen (secondary N) is 1. The van der Waals surface area contributed by atoms with Gasteiger partial charge in [-0.1, -0.05) is 0 Å². The maximum atomic E-state index is 13.2. The first kappa shape index (κ1) is 23.5. The monoisotopic (exact) mass is 451 g/mol. The zero-order chi connectivity index (χ0) is 24.1. The number of hydrogen-bond acceptors (Lipinski definition) is 6. The summed E-state index contributed by atoms with van der Waals surface area (Å²) in [5, 5.41) is 12.7. The minimum absolute atomic E-state index is 0.00716. The fraction of sp³-hybridized carbons (Fsp3) is 0.160. The van der Waals surface area contributed by atoms with E-state index in [1.165, 1.54) is 42.5 Å². The largest absolute Gasteiger partial charge is 0.507 e. The molecular formula is C25H22FNO6. The van der Waals surface area contributed by atoms with Crippen LogP contribution in [-0.4, -0.2) is 29.4 Å². The summed E-state index contributed by atoms with van der Waals surface area (Å²) < 4.78 is 23.8. The summed E-state index contributed by atoms with van der Waals surface area (Å²) in [5.74, 6) is -2.27. The summed E-state index contributed by atoms with van der Waals surface area (Å²) in [6, 6.07) is 12.5. The number of carbonyl (C=O) groups excluding carboxylic acids is 3. The number of esters is 1. The summed E-state index contributed by atoms with van der Waals surface area (Å²) >= 11 is 0. The van der Waals surface area contributed by atoms with Gasteiger partial charge in [-0.05, 0) is 86.5 Å². The maximum Gasteiger partial charge on any atom is 0.397 e. The number of benzene rings is 3. The van der Waals surface area contributed by atoms with Crippen molar-refractivity contribution >= 4 is 23.3 Å². The number of phenols is 1.